The molecule has 0 aliphatic rings. The number of nitrogens with zero attached hydrogens (tertiary/aromatic N) is 3. The van der Waals surface area contributed by atoms with Crippen molar-refractivity contribution in [2.45, 2.75) is 31.1 Å². The molecular weight excluding hydrogens is 426 g/mol. The van der Waals surface area contributed by atoms with Gasteiger partial charge in [-0.15, -0.1) is 0 Å². The minimum atomic E-state index is -3.65. The molecule has 0 radical (unpaired) electrons. The van der Waals surface area contributed by atoms with E-state index < -0.39 is 16.1 Å². The molecule has 2 aromatic rings. The van der Waals surface area contributed by atoms with E-state index in [1.807, 2.05) is 32.8 Å². The summed E-state index contributed by atoms with van der Waals surface area (Å²) in [5.41, 5.74) is 0.949. The number of hydrogen-bond acceptors (Lipinski definition) is 7. The Morgan fingerprint density at radius 3 is 2.37 bits per heavy atom. The second-order valence-electron chi connectivity index (χ2n) is 7.15. The van der Waals surface area contributed by atoms with E-state index in [9.17, 15) is 13.2 Å². The van der Waals surface area contributed by atoms with Crippen LogP contribution in [-0.4, -0.2) is 64.7 Å². The topological polar surface area (TPSA) is 104 Å². The lowest BCUT2D eigenvalue weighted by molar-refractivity contribution is 0.242. The van der Waals surface area contributed by atoms with Gasteiger partial charge in [0.25, 0.3) is 10.0 Å². The molecule has 166 valence electrons. The fourth-order valence-corrected chi connectivity index (χ4v) is 4.85. The van der Waals surface area contributed by atoms with Crippen LogP contribution in [0, 0.1) is 6.92 Å². The van der Waals surface area contributed by atoms with Crippen molar-refractivity contribution in [2.75, 3.05) is 44.4 Å². The summed E-state index contributed by atoms with van der Waals surface area (Å²) in [7, 11) is 1.49. The average Bonchev–Trinajstić information content (AvgIpc) is 3.05. The Morgan fingerprint density at radius 2 is 1.83 bits per heavy atom. The molecule has 0 aliphatic carbocycles. The Balaban J connectivity index is 2.26. The van der Waals surface area contributed by atoms with E-state index in [0.717, 1.165) is 11.3 Å². The minimum Gasteiger partial charge on any atom is -0.491 e. The van der Waals surface area contributed by atoms with Crippen molar-refractivity contribution >= 4 is 38.2 Å². The first-order valence-corrected chi connectivity index (χ1v) is 11.7. The molecule has 1 aromatic heterocycles. The van der Waals surface area contributed by atoms with Crippen molar-refractivity contribution in [3.8, 4) is 5.75 Å². The van der Waals surface area contributed by atoms with Gasteiger partial charge in [0, 0.05) is 18.8 Å². The van der Waals surface area contributed by atoms with E-state index in [1.165, 1.54) is 11.9 Å². The monoisotopic (exact) mass is 455 g/mol. The van der Waals surface area contributed by atoms with Crippen LogP contribution in [0.4, 0.5) is 15.6 Å². The number of hydrogen-bond donors (Lipinski definition) is 2. The highest BCUT2D eigenvalue weighted by Crippen LogP contribution is 2.30. The molecule has 2 amide bonds. The van der Waals surface area contributed by atoms with E-state index in [-0.39, 0.29) is 10.3 Å². The van der Waals surface area contributed by atoms with Crippen molar-refractivity contribution in [2.24, 2.45) is 0 Å². The molecule has 0 fully saturated rings. The maximum Gasteiger partial charge on any atom is 0.328 e. The minimum absolute atomic E-state index is 0.0585. The number of rotatable bonds is 9. The zero-order valence-corrected chi connectivity index (χ0v) is 19.7. The van der Waals surface area contributed by atoms with Crippen LogP contribution in [0.25, 0.3) is 0 Å². The van der Waals surface area contributed by atoms with Gasteiger partial charge in [0.1, 0.15) is 5.75 Å². The predicted molar refractivity (Wildman–Crippen MR) is 120 cm³/mol. The molecule has 0 atom stereocenters. The smallest absolute Gasteiger partial charge is 0.328 e. The number of benzene rings is 1. The summed E-state index contributed by atoms with van der Waals surface area (Å²) >= 11 is 0.964. The first-order valence-electron chi connectivity index (χ1n) is 9.44. The van der Waals surface area contributed by atoms with Gasteiger partial charge >= 0.3 is 6.03 Å². The maximum atomic E-state index is 13.0. The molecule has 0 aliphatic heterocycles. The zero-order valence-electron chi connectivity index (χ0n) is 18.1. The second-order valence-corrected chi connectivity index (χ2v) is 10.2. The molecule has 11 heteroatoms. The number of ether oxygens (including phenoxy) is 1. The molecular formula is C19H29N5O4S2. The van der Waals surface area contributed by atoms with Crippen LogP contribution in [0.5, 0.6) is 5.75 Å². The maximum absolute atomic E-state index is 13.0. The summed E-state index contributed by atoms with van der Waals surface area (Å²) in [4.78, 5) is 20.7. The molecule has 2 rings (SSSR count). The highest BCUT2D eigenvalue weighted by Gasteiger charge is 2.26. The Morgan fingerprint density at radius 1 is 1.20 bits per heavy atom. The van der Waals surface area contributed by atoms with Crippen molar-refractivity contribution in [3.63, 3.8) is 0 Å². The van der Waals surface area contributed by atoms with Gasteiger partial charge in [0.2, 0.25) is 0 Å². The largest absolute Gasteiger partial charge is 0.491 e. The summed E-state index contributed by atoms with van der Waals surface area (Å²) in [6.07, 6.45) is 0.0585. The number of carbonyl (C=O) groups excluding carboxylic acids is 1. The lowest BCUT2D eigenvalue weighted by Gasteiger charge is -2.22. The van der Waals surface area contributed by atoms with Crippen LogP contribution in [0.15, 0.2) is 28.5 Å². The van der Waals surface area contributed by atoms with Crippen LogP contribution in [-0.2, 0) is 10.0 Å². The van der Waals surface area contributed by atoms with Crippen molar-refractivity contribution in [3.05, 3.63) is 30.0 Å². The molecule has 0 unspecified atom stereocenters. The molecule has 0 saturated heterocycles. The molecule has 0 bridgehead atoms. The van der Waals surface area contributed by atoms with Gasteiger partial charge in [-0.1, -0.05) is 11.3 Å². The molecule has 2 N–H and O–H groups in total. The van der Waals surface area contributed by atoms with Gasteiger partial charge in [-0.2, -0.15) is 0 Å². The van der Waals surface area contributed by atoms with Crippen molar-refractivity contribution in [1.29, 1.82) is 0 Å². The molecule has 1 aromatic carbocycles. The summed E-state index contributed by atoms with van der Waals surface area (Å²) in [6.45, 7) is 6.42. The van der Waals surface area contributed by atoms with Crippen molar-refractivity contribution in [1.82, 2.24) is 14.6 Å². The quantitative estimate of drug-likeness (QED) is 0.603. The van der Waals surface area contributed by atoms with Crippen LogP contribution in [0.3, 0.4) is 0 Å². The number of sulfonamides is 1. The zero-order chi connectivity index (χ0) is 22.5. The standard InChI is InChI=1S/C19H29N5O4S2/c1-13(2)28-16-9-7-15(8-10-16)22-18(25)24(12-11-23(5)6)19-21-14(3)17(29-19)30(26,27)20-4/h7-10,13,20H,11-12H2,1-6H3,(H,22,25). The number of likely N-dealkylation sites (N-methyl/N-ethyl adjacent to an activating group) is 1. The average molecular weight is 456 g/mol. The number of urea groups is 1. The number of aryl methyl sites for hydroxylation is 1. The number of anilines is 2. The van der Waals surface area contributed by atoms with Gasteiger partial charge in [0.15, 0.2) is 9.34 Å². The second kappa shape index (κ2) is 10.2. The van der Waals surface area contributed by atoms with E-state index in [2.05, 4.69) is 15.0 Å². The summed E-state index contributed by atoms with van der Waals surface area (Å²) < 4.78 is 32.4. The SMILES string of the molecule is CNS(=O)(=O)c1sc(N(CCN(C)C)C(=O)Nc2ccc(OC(C)C)cc2)nc1C. The Labute approximate surface area is 182 Å². The van der Waals surface area contributed by atoms with Gasteiger partial charge in [-0.05, 0) is 66.2 Å². The van der Waals surface area contributed by atoms with E-state index in [1.54, 1.807) is 31.2 Å². The van der Waals surface area contributed by atoms with E-state index >= 15 is 0 Å². The van der Waals surface area contributed by atoms with Gasteiger partial charge in [0.05, 0.1) is 11.8 Å². The number of aromatic nitrogens is 1. The van der Waals surface area contributed by atoms with Gasteiger partial charge in [-0.3, -0.25) is 4.90 Å². The van der Waals surface area contributed by atoms with Crippen LogP contribution in [0.2, 0.25) is 0 Å². The molecule has 0 spiro atoms. The molecule has 30 heavy (non-hydrogen) atoms. The van der Waals surface area contributed by atoms with Crippen LogP contribution < -0.4 is 19.7 Å². The third-order valence-electron chi connectivity index (χ3n) is 3.98. The lowest BCUT2D eigenvalue weighted by Crippen LogP contribution is -2.39. The third-order valence-corrected chi connectivity index (χ3v) is 7.18. The number of thiazole rings is 1. The summed E-state index contributed by atoms with van der Waals surface area (Å²) in [5.74, 6) is 0.713. The molecule has 1 heterocycles. The third kappa shape index (κ3) is 6.39. The summed E-state index contributed by atoms with van der Waals surface area (Å²) in [5, 5.41) is 3.16. The number of carbonyl (C=O) groups is 1. The fraction of sp³-hybridized carbons (Fsp3) is 0.474. The number of amides is 2. The molecule has 9 nitrogen and oxygen atoms in total. The van der Waals surface area contributed by atoms with Crippen molar-refractivity contribution < 1.29 is 17.9 Å². The Bertz CT molecular complexity index is 956. The lowest BCUT2D eigenvalue weighted by atomic mass is 10.3. The highest BCUT2D eigenvalue weighted by atomic mass is 32.2. The van der Waals surface area contributed by atoms with Crippen LogP contribution >= 0.6 is 11.3 Å². The normalized spacial score (nSPS) is 11.7. The summed E-state index contributed by atoms with van der Waals surface area (Å²) in [6, 6.07) is 6.68. The van der Waals surface area contributed by atoms with Gasteiger partial charge in [-0.25, -0.2) is 22.9 Å². The molecule has 0 saturated carbocycles. The number of nitrogens with one attached hydrogen (secondary N) is 2. The first kappa shape index (κ1) is 24.1. The van der Waals surface area contributed by atoms with Crippen LogP contribution in [0.1, 0.15) is 19.5 Å². The van der Waals surface area contributed by atoms with E-state index in [0.29, 0.717) is 35.4 Å². The first-order chi connectivity index (χ1) is 14.0. The predicted octanol–water partition coefficient (Wildman–Crippen LogP) is 2.75. The Kier molecular flexibility index (Phi) is 8.18. The fourth-order valence-electron chi connectivity index (χ4n) is 2.49. The van der Waals surface area contributed by atoms with E-state index in [4.69, 9.17) is 4.74 Å². The Hall–Kier alpha value is -2.21. The highest BCUT2D eigenvalue weighted by molar-refractivity contribution is 7.91. The van der Waals surface area contributed by atoms with Gasteiger partial charge < -0.3 is 15.0 Å².